The molecule has 108 valence electrons. The molecule has 3 aromatic rings. The summed E-state index contributed by atoms with van der Waals surface area (Å²) < 4.78 is 35.3. The number of para-hydroxylation sites is 1. The first-order chi connectivity index (χ1) is 10.6. The fourth-order valence-corrected chi connectivity index (χ4v) is 2.82. The normalized spacial score (nSPS) is 15.8. The quantitative estimate of drug-likeness (QED) is 0.621. The van der Waals surface area contributed by atoms with Gasteiger partial charge in [0.15, 0.2) is 11.2 Å². The minimum absolute atomic E-state index is 0.195. The molecule has 1 aliphatic rings. The van der Waals surface area contributed by atoms with E-state index in [1.165, 1.54) is 0 Å². The van der Waals surface area contributed by atoms with Crippen molar-refractivity contribution < 1.29 is 17.8 Å². The van der Waals surface area contributed by atoms with Crippen LogP contribution in [0.2, 0.25) is 0 Å². The van der Waals surface area contributed by atoms with Crippen LogP contribution in [-0.4, -0.2) is 7.04 Å². The molecule has 0 aliphatic carbocycles. The smallest absolute Gasteiger partial charge is 0.599 e. The molecule has 0 radical (unpaired) electrons. The molecular weight excluding hydrogens is 283 g/mol. The highest BCUT2D eigenvalue weighted by atomic mass is 19.3. The number of rotatable bonds is 1. The Morgan fingerprint density at radius 3 is 2.36 bits per heavy atom. The second kappa shape index (κ2) is 4.66. The number of pyridine rings is 1. The van der Waals surface area contributed by atoms with Gasteiger partial charge in [-0.2, -0.15) is 0 Å². The van der Waals surface area contributed by atoms with Gasteiger partial charge in [-0.05, 0) is 12.1 Å². The van der Waals surface area contributed by atoms with Crippen molar-refractivity contribution in [2.24, 2.45) is 0 Å². The number of hydrogen-bond donors (Lipinski definition) is 0. The molecule has 0 atom stereocenters. The maximum Gasteiger partial charge on any atom is 0.834 e. The molecule has 2 heterocycles. The highest BCUT2D eigenvalue weighted by Crippen LogP contribution is 2.29. The van der Waals surface area contributed by atoms with Crippen LogP contribution in [0.3, 0.4) is 0 Å². The Bertz CT molecular complexity index is 894. The molecule has 1 aromatic heterocycles. The molecule has 1 aliphatic heterocycles. The first kappa shape index (κ1) is 13.0. The van der Waals surface area contributed by atoms with Gasteiger partial charge in [0.05, 0.1) is 5.76 Å². The number of hydrogen-bond acceptors (Lipinski definition) is 1. The zero-order valence-corrected chi connectivity index (χ0v) is 11.6. The van der Waals surface area contributed by atoms with Crippen LogP contribution < -0.4 is 4.48 Å². The number of halogens is 2. The molecular formula is C17H12BF2NO. The average Bonchev–Trinajstić information content (AvgIpc) is 2.54. The monoisotopic (exact) mass is 295 g/mol. The number of nitrogens with zero attached hydrogens (tertiary/aromatic N) is 1. The van der Waals surface area contributed by atoms with Gasteiger partial charge < -0.3 is 17.8 Å². The Balaban J connectivity index is 1.98. The van der Waals surface area contributed by atoms with Crippen molar-refractivity contribution in [2.45, 2.75) is 0 Å². The van der Waals surface area contributed by atoms with Crippen molar-refractivity contribution in [1.29, 1.82) is 0 Å². The minimum atomic E-state index is -4.17. The van der Waals surface area contributed by atoms with Crippen molar-refractivity contribution in [1.82, 2.24) is 0 Å². The third-order valence-electron chi connectivity index (χ3n) is 3.81. The standard InChI is InChI=1S/C17H12BF2NO/c19-18(20)21-15(11-10-13-6-4-5-9-16(13)21)12-17(22-18)14-7-2-1-3-8-14/h1-12H. The topological polar surface area (TPSA) is 13.1 Å². The molecule has 0 saturated heterocycles. The van der Waals surface area contributed by atoms with Gasteiger partial charge in [0, 0.05) is 29.2 Å². The Kier molecular flexibility index (Phi) is 2.76. The maximum absolute atomic E-state index is 14.6. The van der Waals surface area contributed by atoms with E-state index in [2.05, 4.69) is 0 Å². The second-order valence-electron chi connectivity index (χ2n) is 5.24. The van der Waals surface area contributed by atoms with Gasteiger partial charge in [0.2, 0.25) is 0 Å². The van der Waals surface area contributed by atoms with E-state index in [9.17, 15) is 8.63 Å². The fourth-order valence-electron chi connectivity index (χ4n) is 2.82. The van der Waals surface area contributed by atoms with Gasteiger partial charge in [0.1, 0.15) is 0 Å². The molecule has 4 rings (SSSR count). The van der Waals surface area contributed by atoms with E-state index in [1.807, 2.05) is 24.3 Å². The van der Waals surface area contributed by atoms with Crippen LogP contribution in [0.25, 0.3) is 22.7 Å². The van der Waals surface area contributed by atoms with Crippen LogP contribution in [0.1, 0.15) is 11.3 Å². The fraction of sp³-hybridized carbons (Fsp3) is 0. The molecule has 22 heavy (non-hydrogen) atoms. The van der Waals surface area contributed by atoms with Crippen molar-refractivity contribution in [2.75, 3.05) is 0 Å². The van der Waals surface area contributed by atoms with Crippen LogP contribution >= 0.6 is 0 Å². The van der Waals surface area contributed by atoms with Crippen LogP contribution in [-0.2, 0) is 4.65 Å². The minimum Gasteiger partial charge on any atom is -0.599 e. The maximum atomic E-state index is 14.6. The van der Waals surface area contributed by atoms with Crippen molar-refractivity contribution in [3.8, 4) is 0 Å². The van der Waals surface area contributed by atoms with Crippen LogP contribution in [0.4, 0.5) is 8.63 Å². The molecule has 0 unspecified atom stereocenters. The van der Waals surface area contributed by atoms with E-state index < -0.39 is 7.04 Å². The zero-order valence-electron chi connectivity index (χ0n) is 11.6. The van der Waals surface area contributed by atoms with Crippen LogP contribution in [0.5, 0.6) is 0 Å². The summed E-state index contributed by atoms with van der Waals surface area (Å²) in [5.41, 5.74) is 1.55. The Labute approximate surface area is 126 Å². The van der Waals surface area contributed by atoms with E-state index in [0.29, 0.717) is 16.8 Å². The Hall–Kier alpha value is -2.69. The lowest BCUT2D eigenvalue weighted by Gasteiger charge is -2.28. The summed E-state index contributed by atoms with van der Waals surface area (Å²) in [5.74, 6) is 0.195. The van der Waals surface area contributed by atoms with Crippen molar-refractivity contribution in [3.05, 3.63) is 78.0 Å². The summed E-state index contributed by atoms with van der Waals surface area (Å²) in [6.07, 6.45) is 1.65. The van der Waals surface area contributed by atoms with Crippen LogP contribution in [0, 0.1) is 0 Å². The number of fused-ring (bicyclic) bond motifs is 3. The van der Waals surface area contributed by atoms with Gasteiger partial charge in [-0.15, -0.1) is 0 Å². The molecule has 0 fully saturated rings. The molecule has 0 spiro atoms. The largest absolute Gasteiger partial charge is 0.834 e. The summed E-state index contributed by atoms with van der Waals surface area (Å²) in [4.78, 5) is 0. The summed E-state index contributed by atoms with van der Waals surface area (Å²) in [5, 5.41) is 0.757. The Morgan fingerprint density at radius 1 is 0.818 bits per heavy atom. The SMILES string of the molecule is F[B-]1(F)OC(c2ccccc2)=Cc2ccc3ccccc3[n+]21. The highest BCUT2D eigenvalue weighted by molar-refractivity contribution is 6.51. The summed E-state index contributed by atoms with van der Waals surface area (Å²) >= 11 is 0. The summed E-state index contributed by atoms with van der Waals surface area (Å²) in [6.45, 7) is 0. The van der Waals surface area contributed by atoms with Crippen molar-refractivity contribution >= 4 is 29.8 Å². The lowest BCUT2D eigenvalue weighted by atomic mass is 9.96. The van der Waals surface area contributed by atoms with Gasteiger partial charge >= 0.3 is 7.04 Å². The highest BCUT2D eigenvalue weighted by Gasteiger charge is 2.50. The molecule has 0 saturated carbocycles. The first-order valence-electron chi connectivity index (χ1n) is 7.06. The molecule has 2 aromatic carbocycles. The van der Waals surface area contributed by atoms with Gasteiger partial charge in [-0.1, -0.05) is 42.5 Å². The lowest BCUT2D eigenvalue weighted by Crippen LogP contribution is -2.64. The number of aromatic nitrogens is 1. The van der Waals surface area contributed by atoms with Gasteiger partial charge in [-0.3, -0.25) is 0 Å². The molecule has 5 heteroatoms. The Morgan fingerprint density at radius 2 is 1.55 bits per heavy atom. The molecule has 0 amide bonds. The predicted octanol–water partition coefficient (Wildman–Crippen LogP) is 3.88. The summed E-state index contributed by atoms with van der Waals surface area (Å²) in [7, 11) is -4.17. The van der Waals surface area contributed by atoms with Crippen LogP contribution in [0.15, 0.2) is 66.7 Å². The second-order valence-corrected chi connectivity index (χ2v) is 5.24. The predicted molar refractivity (Wildman–Crippen MR) is 82.9 cm³/mol. The van der Waals surface area contributed by atoms with Gasteiger partial charge in [-0.25, -0.2) is 0 Å². The third kappa shape index (κ3) is 1.97. The average molecular weight is 295 g/mol. The van der Waals surface area contributed by atoms with Crippen molar-refractivity contribution in [3.63, 3.8) is 0 Å². The third-order valence-corrected chi connectivity index (χ3v) is 3.81. The molecule has 0 bridgehead atoms. The van der Waals surface area contributed by atoms with E-state index in [0.717, 1.165) is 9.86 Å². The summed E-state index contributed by atoms with van der Waals surface area (Å²) in [6, 6.07) is 19.6. The zero-order chi connectivity index (χ0) is 15.2. The molecule has 0 N–H and O–H groups in total. The van der Waals surface area contributed by atoms with E-state index in [4.69, 9.17) is 4.65 Å². The van der Waals surface area contributed by atoms with Gasteiger partial charge in [0.25, 0.3) is 0 Å². The number of benzene rings is 2. The van der Waals surface area contributed by atoms with E-state index in [-0.39, 0.29) is 5.76 Å². The lowest BCUT2D eigenvalue weighted by molar-refractivity contribution is -0.556. The first-order valence-corrected chi connectivity index (χ1v) is 7.06. The van der Waals surface area contributed by atoms with E-state index in [1.54, 1.807) is 48.5 Å². The molecule has 2 nitrogen and oxygen atoms in total. The van der Waals surface area contributed by atoms with E-state index >= 15 is 0 Å².